The van der Waals surface area contributed by atoms with Crippen molar-refractivity contribution in [3.05, 3.63) is 88.4 Å². The van der Waals surface area contributed by atoms with Gasteiger partial charge in [-0.2, -0.15) is 4.80 Å². The lowest BCUT2D eigenvalue weighted by Crippen LogP contribution is -2.47. The third-order valence-electron chi connectivity index (χ3n) is 7.70. The summed E-state index contributed by atoms with van der Waals surface area (Å²) in [7, 11) is 3.91. The highest BCUT2D eigenvalue weighted by Crippen LogP contribution is 2.33. The summed E-state index contributed by atoms with van der Waals surface area (Å²) in [5.74, 6) is -0.286. The summed E-state index contributed by atoms with van der Waals surface area (Å²) >= 11 is 6.03. The summed E-state index contributed by atoms with van der Waals surface area (Å²) in [4.78, 5) is 33.2. The molecule has 1 fully saturated rings. The second-order valence-corrected chi connectivity index (χ2v) is 11.3. The summed E-state index contributed by atoms with van der Waals surface area (Å²) in [5.41, 5.74) is 4.91. The maximum atomic E-state index is 14.3. The van der Waals surface area contributed by atoms with E-state index < -0.39 is 6.04 Å². The van der Waals surface area contributed by atoms with Gasteiger partial charge in [-0.25, -0.2) is 0 Å². The molecule has 5 rings (SSSR count). The van der Waals surface area contributed by atoms with Crippen LogP contribution in [0.2, 0.25) is 5.02 Å². The molecule has 10 nitrogen and oxygen atoms in total. The Morgan fingerprint density at radius 3 is 2.49 bits per heavy atom. The highest BCUT2D eigenvalue weighted by Gasteiger charge is 2.35. The van der Waals surface area contributed by atoms with Gasteiger partial charge in [-0.3, -0.25) is 14.5 Å². The summed E-state index contributed by atoms with van der Waals surface area (Å²) in [6.07, 6.45) is 1.80. The molecule has 3 aromatic carbocycles. The first-order valence-electron chi connectivity index (χ1n) is 14.3. The summed E-state index contributed by atoms with van der Waals surface area (Å²) in [5, 5.41) is 16.4. The number of carbonyl (C=O) groups is 2. The predicted octanol–water partition coefficient (Wildman–Crippen LogP) is 4.75. The number of nitrogens with zero attached hydrogens (tertiary/aromatic N) is 6. The summed E-state index contributed by atoms with van der Waals surface area (Å²) < 4.78 is 5.75. The molecule has 11 heteroatoms. The number of carbonyl (C=O) groups excluding carboxylic acids is 2. The van der Waals surface area contributed by atoms with Crippen molar-refractivity contribution >= 4 is 34.8 Å². The lowest BCUT2D eigenvalue weighted by atomic mass is 9.99. The van der Waals surface area contributed by atoms with E-state index in [1.54, 1.807) is 29.2 Å². The van der Waals surface area contributed by atoms with Gasteiger partial charge >= 0.3 is 0 Å². The van der Waals surface area contributed by atoms with Gasteiger partial charge in [0.1, 0.15) is 12.6 Å². The van der Waals surface area contributed by atoms with Crippen molar-refractivity contribution in [2.45, 2.75) is 45.4 Å². The van der Waals surface area contributed by atoms with E-state index in [1.807, 2.05) is 75.3 Å². The number of halogens is 1. The maximum absolute atomic E-state index is 14.3. The minimum atomic E-state index is -0.954. The van der Waals surface area contributed by atoms with Crippen LogP contribution in [0.15, 0.2) is 66.7 Å². The number of ether oxygens (including phenoxy) is 1. The summed E-state index contributed by atoms with van der Waals surface area (Å²) in [6, 6.07) is 19.5. The van der Waals surface area contributed by atoms with Gasteiger partial charge in [-0.15, -0.1) is 10.2 Å². The normalized spacial score (nSPS) is 15.2. The van der Waals surface area contributed by atoms with E-state index in [0.717, 1.165) is 35.2 Å². The number of benzene rings is 3. The lowest BCUT2D eigenvalue weighted by Gasteiger charge is -2.33. The van der Waals surface area contributed by atoms with Crippen LogP contribution >= 0.6 is 11.6 Å². The van der Waals surface area contributed by atoms with Gasteiger partial charge in [0, 0.05) is 49.2 Å². The van der Waals surface area contributed by atoms with Crippen LogP contribution in [-0.2, 0) is 20.9 Å². The second kappa shape index (κ2) is 13.4. The summed E-state index contributed by atoms with van der Waals surface area (Å²) in [6.45, 7) is 4.77. The van der Waals surface area contributed by atoms with E-state index in [2.05, 4.69) is 20.7 Å². The van der Waals surface area contributed by atoms with Crippen molar-refractivity contribution < 1.29 is 14.3 Å². The standard InChI is InChI=1S/C32H36ClN7O3/c1-21-7-5-9-28(22(21)2)40(29(41)20-39-36-31(35-37-39)24-10-14-25(33)15-11-24)30(23-12-16-26(17-13-23)38(3)4)32(42)34-19-27-8-6-18-43-27/h5,7,9-17,27,30H,6,8,18-20H2,1-4H3,(H,34,42)/t27-,30-/m0/s1. The number of aromatic nitrogens is 4. The van der Waals surface area contributed by atoms with E-state index in [1.165, 1.54) is 4.80 Å². The van der Waals surface area contributed by atoms with Crippen LogP contribution in [0.4, 0.5) is 11.4 Å². The molecule has 1 aliphatic heterocycles. The fourth-order valence-corrected chi connectivity index (χ4v) is 5.25. The van der Waals surface area contributed by atoms with E-state index in [9.17, 15) is 9.59 Å². The highest BCUT2D eigenvalue weighted by molar-refractivity contribution is 6.30. The van der Waals surface area contributed by atoms with Crippen LogP contribution in [0, 0.1) is 13.8 Å². The number of hydrogen-bond acceptors (Lipinski definition) is 7. The van der Waals surface area contributed by atoms with Gasteiger partial charge < -0.3 is 15.0 Å². The Morgan fingerprint density at radius 2 is 1.81 bits per heavy atom. The Balaban J connectivity index is 1.52. The fraction of sp³-hybridized carbons (Fsp3) is 0.344. The largest absolute Gasteiger partial charge is 0.378 e. The first-order valence-corrected chi connectivity index (χ1v) is 14.7. The molecule has 1 N–H and O–H groups in total. The van der Waals surface area contributed by atoms with Crippen molar-refractivity contribution in [1.82, 2.24) is 25.5 Å². The van der Waals surface area contributed by atoms with Crippen molar-refractivity contribution in [1.29, 1.82) is 0 Å². The molecule has 43 heavy (non-hydrogen) atoms. The Kier molecular flexibility index (Phi) is 9.37. The Labute approximate surface area is 256 Å². The van der Waals surface area contributed by atoms with Crippen LogP contribution in [0.1, 0.15) is 35.6 Å². The molecule has 2 atom stereocenters. The van der Waals surface area contributed by atoms with Gasteiger partial charge in [0.05, 0.1) is 6.10 Å². The Morgan fingerprint density at radius 1 is 1.07 bits per heavy atom. The van der Waals surface area contributed by atoms with Gasteiger partial charge in [0.15, 0.2) is 0 Å². The lowest BCUT2D eigenvalue weighted by molar-refractivity contribution is -0.127. The van der Waals surface area contributed by atoms with Crippen molar-refractivity contribution in [3.63, 3.8) is 0 Å². The number of amides is 2. The fourth-order valence-electron chi connectivity index (χ4n) is 5.12. The number of hydrogen-bond donors (Lipinski definition) is 1. The molecule has 0 radical (unpaired) electrons. The number of anilines is 2. The third-order valence-corrected chi connectivity index (χ3v) is 7.95. The van der Waals surface area contributed by atoms with Gasteiger partial charge in [0.2, 0.25) is 11.7 Å². The average molecular weight is 602 g/mol. The molecule has 1 saturated heterocycles. The van der Waals surface area contributed by atoms with E-state index in [4.69, 9.17) is 16.3 Å². The first kappa shape index (κ1) is 30.2. The molecule has 0 saturated carbocycles. The molecular formula is C32H36ClN7O3. The smallest absolute Gasteiger partial charge is 0.251 e. The van der Waals surface area contributed by atoms with Gasteiger partial charge in [-0.05, 0) is 91.1 Å². The quantitative estimate of drug-likeness (QED) is 0.280. The van der Waals surface area contributed by atoms with Crippen LogP contribution < -0.4 is 15.1 Å². The van der Waals surface area contributed by atoms with Crippen molar-refractivity contribution in [2.75, 3.05) is 37.0 Å². The van der Waals surface area contributed by atoms with Crippen LogP contribution in [0.5, 0.6) is 0 Å². The first-order chi connectivity index (χ1) is 20.7. The molecule has 224 valence electrons. The molecule has 0 aliphatic carbocycles. The number of nitrogens with one attached hydrogen (secondary N) is 1. The molecular weight excluding hydrogens is 566 g/mol. The monoisotopic (exact) mass is 601 g/mol. The molecule has 1 aliphatic rings. The molecule has 0 bridgehead atoms. The Hall–Kier alpha value is -4.28. The van der Waals surface area contributed by atoms with Gasteiger partial charge in [0.25, 0.3) is 5.91 Å². The molecule has 4 aromatic rings. The number of rotatable bonds is 10. The molecule has 0 unspecified atom stereocenters. The zero-order chi connectivity index (χ0) is 30.5. The molecule has 2 heterocycles. The van der Waals surface area contributed by atoms with Gasteiger partial charge in [-0.1, -0.05) is 35.9 Å². The minimum absolute atomic E-state index is 0.0452. The van der Waals surface area contributed by atoms with Crippen LogP contribution in [-0.4, -0.2) is 65.4 Å². The zero-order valence-corrected chi connectivity index (χ0v) is 25.6. The second-order valence-electron chi connectivity index (χ2n) is 10.9. The highest BCUT2D eigenvalue weighted by atomic mass is 35.5. The van der Waals surface area contributed by atoms with Crippen LogP contribution in [0.25, 0.3) is 11.4 Å². The SMILES string of the molecule is Cc1cccc(N(C(=O)Cn2nnc(-c3ccc(Cl)cc3)n2)[C@H](C(=O)NC[C@@H]2CCCO2)c2ccc(N(C)C)cc2)c1C. The Bertz CT molecular complexity index is 1560. The van der Waals surface area contributed by atoms with Crippen molar-refractivity contribution in [3.8, 4) is 11.4 Å². The van der Waals surface area contributed by atoms with Crippen molar-refractivity contribution in [2.24, 2.45) is 0 Å². The topological polar surface area (TPSA) is 105 Å². The molecule has 1 aromatic heterocycles. The minimum Gasteiger partial charge on any atom is -0.378 e. The molecule has 0 spiro atoms. The maximum Gasteiger partial charge on any atom is 0.251 e. The third kappa shape index (κ3) is 7.03. The molecule has 2 amide bonds. The predicted molar refractivity (Wildman–Crippen MR) is 167 cm³/mol. The average Bonchev–Trinajstić information content (AvgIpc) is 3.69. The number of aryl methyl sites for hydroxylation is 1. The van der Waals surface area contributed by atoms with E-state index >= 15 is 0 Å². The van der Waals surface area contributed by atoms with E-state index in [-0.39, 0.29) is 24.5 Å². The van der Waals surface area contributed by atoms with E-state index in [0.29, 0.717) is 35.2 Å². The van der Waals surface area contributed by atoms with Crippen LogP contribution in [0.3, 0.4) is 0 Å². The zero-order valence-electron chi connectivity index (χ0n) is 24.8. The number of tetrazole rings is 1.